The summed E-state index contributed by atoms with van der Waals surface area (Å²) in [7, 11) is -1.48. The summed E-state index contributed by atoms with van der Waals surface area (Å²) in [6.07, 6.45) is 9.92. The maximum Gasteiger partial charge on any atom is 0.490 e. The molecule has 0 bridgehead atoms. The van der Waals surface area contributed by atoms with Crippen molar-refractivity contribution in [2.45, 2.75) is 13.8 Å². The summed E-state index contributed by atoms with van der Waals surface area (Å²) >= 11 is 9.84. The molecular weight excluding hydrogens is 577 g/mol. The second-order valence-electron chi connectivity index (χ2n) is 5.34. The molecule has 9 heteroatoms. The lowest BCUT2D eigenvalue weighted by atomic mass is 9.81. The van der Waals surface area contributed by atoms with E-state index in [2.05, 4.69) is 86.4 Å². The second kappa shape index (κ2) is 14.9. The average molecular weight is 594 g/mol. The standard InChI is InChI=1S/C8H8BNO2.C8H6BrN.C5H3Br2N/c1-2-3-7-4-8(9(11)12)6-10-5-7;1-2-3-7-4-8(9)6-10-5-7;6-4-1-5(7)3-8-2-4/h4-6,11-12H,1H3;4-6H,1H3;1-3H. The zero-order valence-electron chi connectivity index (χ0n) is 16.1. The summed E-state index contributed by atoms with van der Waals surface area (Å²) in [6, 6.07) is 5.46. The van der Waals surface area contributed by atoms with Crippen LogP contribution in [0.25, 0.3) is 0 Å². The summed E-state index contributed by atoms with van der Waals surface area (Å²) in [5.41, 5.74) is 1.98. The van der Waals surface area contributed by atoms with Gasteiger partial charge < -0.3 is 10.0 Å². The highest BCUT2D eigenvalue weighted by atomic mass is 79.9. The Bertz CT molecular complexity index is 1060. The maximum absolute atomic E-state index is 8.78. The number of aromatic nitrogens is 3. The van der Waals surface area contributed by atoms with E-state index >= 15 is 0 Å². The third kappa shape index (κ3) is 11.2. The van der Waals surface area contributed by atoms with Crippen molar-refractivity contribution >= 4 is 60.4 Å². The van der Waals surface area contributed by atoms with Gasteiger partial charge >= 0.3 is 7.12 Å². The summed E-state index contributed by atoms with van der Waals surface area (Å²) < 4.78 is 2.95. The van der Waals surface area contributed by atoms with E-state index in [1.54, 1.807) is 50.9 Å². The van der Waals surface area contributed by atoms with E-state index in [-0.39, 0.29) is 0 Å². The molecule has 0 unspecified atom stereocenters. The zero-order valence-corrected chi connectivity index (χ0v) is 20.9. The van der Waals surface area contributed by atoms with Crippen LogP contribution in [0.15, 0.2) is 68.8 Å². The van der Waals surface area contributed by atoms with Crippen molar-refractivity contribution in [1.82, 2.24) is 15.0 Å². The van der Waals surface area contributed by atoms with E-state index in [0.29, 0.717) is 11.0 Å². The van der Waals surface area contributed by atoms with E-state index in [4.69, 9.17) is 10.0 Å². The Balaban J connectivity index is 0.000000230. The fourth-order valence-electron chi connectivity index (χ4n) is 1.82. The number of nitrogens with zero attached hydrogens (tertiary/aromatic N) is 3. The van der Waals surface area contributed by atoms with Crippen molar-refractivity contribution in [2.75, 3.05) is 0 Å². The lowest BCUT2D eigenvalue weighted by molar-refractivity contribution is 0.425. The predicted molar refractivity (Wildman–Crippen MR) is 131 cm³/mol. The van der Waals surface area contributed by atoms with Crippen molar-refractivity contribution < 1.29 is 10.0 Å². The molecule has 2 N–H and O–H groups in total. The minimum atomic E-state index is -1.48. The highest BCUT2D eigenvalue weighted by Gasteiger charge is 2.10. The molecule has 0 radical (unpaired) electrons. The van der Waals surface area contributed by atoms with E-state index in [1.165, 1.54) is 6.20 Å². The Morgan fingerprint density at radius 3 is 1.50 bits per heavy atom. The van der Waals surface area contributed by atoms with Gasteiger partial charge in [-0.15, -0.1) is 11.8 Å². The highest BCUT2D eigenvalue weighted by Crippen LogP contribution is 2.13. The normalized spacial score (nSPS) is 8.63. The average Bonchev–Trinajstić information content (AvgIpc) is 2.70. The molecule has 152 valence electrons. The van der Waals surface area contributed by atoms with Gasteiger partial charge in [-0.05, 0) is 79.8 Å². The van der Waals surface area contributed by atoms with Crippen molar-refractivity contribution in [3.8, 4) is 23.7 Å². The molecule has 0 saturated heterocycles. The Morgan fingerprint density at radius 1 is 0.667 bits per heavy atom. The quantitative estimate of drug-likeness (QED) is 0.330. The van der Waals surface area contributed by atoms with E-state index in [1.807, 2.05) is 12.1 Å². The minimum absolute atomic E-state index is 0.357. The van der Waals surface area contributed by atoms with Gasteiger partial charge in [0, 0.05) is 67.2 Å². The second-order valence-corrected chi connectivity index (χ2v) is 8.09. The van der Waals surface area contributed by atoms with Gasteiger partial charge in [0.25, 0.3) is 0 Å². The van der Waals surface area contributed by atoms with Gasteiger partial charge in [0.15, 0.2) is 0 Å². The van der Waals surface area contributed by atoms with Crippen LogP contribution in [0.5, 0.6) is 0 Å². The molecule has 0 aliphatic rings. The molecule has 0 atom stereocenters. The van der Waals surface area contributed by atoms with Gasteiger partial charge in [-0.2, -0.15) is 0 Å². The third-order valence-electron chi connectivity index (χ3n) is 2.97. The molecule has 3 aromatic heterocycles. The Labute approximate surface area is 201 Å². The molecule has 5 nitrogen and oxygen atoms in total. The number of halogens is 3. The van der Waals surface area contributed by atoms with Gasteiger partial charge in [-0.1, -0.05) is 11.8 Å². The van der Waals surface area contributed by atoms with Crippen molar-refractivity contribution in [3.05, 3.63) is 79.9 Å². The van der Waals surface area contributed by atoms with Crippen LogP contribution < -0.4 is 5.46 Å². The number of rotatable bonds is 1. The lowest BCUT2D eigenvalue weighted by Gasteiger charge is -1.97. The smallest absolute Gasteiger partial charge is 0.423 e. The van der Waals surface area contributed by atoms with Crippen LogP contribution in [0.1, 0.15) is 25.0 Å². The van der Waals surface area contributed by atoms with Crippen LogP contribution in [0.3, 0.4) is 0 Å². The number of hydrogen-bond donors (Lipinski definition) is 2. The molecule has 3 aromatic rings. The molecule has 30 heavy (non-hydrogen) atoms. The fourth-order valence-corrected chi connectivity index (χ4v) is 3.22. The van der Waals surface area contributed by atoms with Crippen molar-refractivity contribution in [3.63, 3.8) is 0 Å². The van der Waals surface area contributed by atoms with Gasteiger partial charge in [-0.25, -0.2) is 0 Å². The third-order valence-corrected chi connectivity index (χ3v) is 4.27. The monoisotopic (exact) mass is 591 g/mol. The minimum Gasteiger partial charge on any atom is -0.423 e. The van der Waals surface area contributed by atoms with Crippen LogP contribution in [0.2, 0.25) is 0 Å². The number of hydrogen-bond acceptors (Lipinski definition) is 5. The molecule has 0 aliphatic carbocycles. The van der Waals surface area contributed by atoms with E-state index in [9.17, 15) is 0 Å². The molecule has 0 aromatic carbocycles. The fraction of sp³-hybridized carbons (Fsp3) is 0.0952. The van der Waals surface area contributed by atoms with Gasteiger partial charge in [0.2, 0.25) is 0 Å². The Morgan fingerprint density at radius 2 is 1.10 bits per heavy atom. The first kappa shape index (κ1) is 26.0. The van der Waals surface area contributed by atoms with Crippen LogP contribution >= 0.6 is 47.8 Å². The van der Waals surface area contributed by atoms with Crippen molar-refractivity contribution in [1.29, 1.82) is 0 Å². The maximum atomic E-state index is 8.78. The van der Waals surface area contributed by atoms with Crippen LogP contribution in [0.4, 0.5) is 0 Å². The van der Waals surface area contributed by atoms with Gasteiger partial charge in [0.1, 0.15) is 0 Å². The van der Waals surface area contributed by atoms with Gasteiger partial charge in [-0.3, -0.25) is 15.0 Å². The molecule has 0 saturated carbocycles. The first-order valence-corrected chi connectivity index (χ1v) is 10.8. The summed E-state index contributed by atoms with van der Waals surface area (Å²) in [5.74, 6) is 11.2. The Hall–Kier alpha value is -2.01. The molecular formula is C21H17BBr3N3O2. The predicted octanol–water partition coefficient (Wildman–Crippen LogP) is 3.95. The lowest BCUT2D eigenvalue weighted by Crippen LogP contribution is -2.30. The van der Waals surface area contributed by atoms with Crippen LogP contribution in [-0.4, -0.2) is 32.1 Å². The molecule has 3 heterocycles. The molecule has 0 fully saturated rings. The van der Waals surface area contributed by atoms with Crippen LogP contribution in [-0.2, 0) is 0 Å². The van der Waals surface area contributed by atoms with E-state index in [0.717, 1.165) is 19.0 Å². The Kier molecular flexibility index (Phi) is 12.9. The number of pyridine rings is 3. The summed E-state index contributed by atoms with van der Waals surface area (Å²) in [6.45, 7) is 3.52. The molecule has 0 aliphatic heterocycles. The topological polar surface area (TPSA) is 79.1 Å². The van der Waals surface area contributed by atoms with E-state index < -0.39 is 7.12 Å². The molecule has 0 spiro atoms. The van der Waals surface area contributed by atoms with Crippen LogP contribution in [0, 0.1) is 23.7 Å². The largest absolute Gasteiger partial charge is 0.490 e. The highest BCUT2D eigenvalue weighted by molar-refractivity contribution is 9.11. The SMILES string of the molecule is Brc1cncc(Br)c1.CC#Cc1cncc(B(O)O)c1.CC#Cc1cncc(Br)c1. The molecule has 3 rings (SSSR count). The van der Waals surface area contributed by atoms with Crippen molar-refractivity contribution in [2.24, 2.45) is 0 Å². The zero-order chi connectivity index (χ0) is 22.4. The van der Waals surface area contributed by atoms with Gasteiger partial charge in [0.05, 0.1) is 0 Å². The summed E-state index contributed by atoms with van der Waals surface area (Å²) in [5, 5.41) is 17.6. The first-order chi connectivity index (χ1) is 14.3. The molecule has 0 amide bonds. The first-order valence-electron chi connectivity index (χ1n) is 8.39. The summed E-state index contributed by atoms with van der Waals surface area (Å²) in [4.78, 5) is 11.6.